The Balaban J connectivity index is 1.82. The first-order chi connectivity index (χ1) is 8.36. The fourth-order valence-corrected chi connectivity index (χ4v) is 3.24. The van der Waals surface area contributed by atoms with Crippen LogP contribution in [-0.4, -0.2) is 24.4 Å². The molecule has 0 unspecified atom stereocenters. The Morgan fingerprint density at radius 2 is 2.06 bits per heavy atom. The Hall–Kier alpha value is -1.42. The van der Waals surface area contributed by atoms with Crippen molar-refractivity contribution in [1.82, 2.24) is 4.98 Å². The zero-order chi connectivity index (χ0) is 11.7. The van der Waals surface area contributed by atoms with E-state index in [9.17, 15) is 4.79 Å². The number of benzene rings is 1. The number of hydrogen-bond acceptors (Lipinski definition) is 4. The first-order valence-corrected chi connectivity index (χ1v) is 6.74. The number of fused-ring (bicyclic) bond motifs is 1. The molecule has 17 heavy (non-hydrogen) atoms. The molecule has 0 amide bonds. The normalized spacial score (nSPS) is 17.5. The lowest BCUT2D eigenvalue weighted by molar-refractivity contribution is -0.111. The number of para-hydroxylation sites is 1. The number of carbonyl (C=O) groups is 1. The third-order valence-corrected chi connectivity index (χ3v) is 4.38. The lowest BCUT2D eigenvalue weighted by atomic mass is 9.99. The van der Waals surface area contributed by atoms with Crippen molar-refractivity contribution in [3.8, 4) is 0 Å². The number of anilines is 1. The molecule has 0 atom stereocenters. The van der Waals surface area contributed by atoms with Crippen LogP contribution in [0.1, 0.15) is 12.8 Å². The molecule has 1 saturated heterocycles. The van der Waals surface area contributed by atoms with E-state index < -0.39 is 0 Å². The van der Waals surface area contributed by atoms with Crippen molar-refractivity contribution in [2.24, 2.45) is 5.92 Å². The summed E-state index contributed by atoms with van der Waals surface area (Å²) >= 11 is 1.74. The van der Waals surface area contributed by atoms with Crippen molar-refractivity contribution in [2.45, 2.75) is 12.8 Å². The quantitative estimate of drug-likeness (QED) is 0.764. The number of hydrogen-bond donors (Lipinski definition) is 0. The second-order valence-corrected chi connectivity index (χ2v) is 5.43. The lowest BCUT2D eigenvalue weighted by Gasteiger charge is -2.29. The van der Waals surface area contributed by atoms with Crippen LogP contribution >= 0.6 is 11.3 Å². The second kappa shape index (κ2) is 4.45. The van der Waals surface area contributed by atoms with Crippen LogP contribution in [0, 0.1) is 5.92 Å². The van der Waals surface area contributed by atoms with Gasteiger partial charge in [0.1, 0.15) is 6.29 Å². The van der Waals surface area contributed by atoms with E-state index in [2.05, 4.69) is 16.0 Å². The molecule has 0 saturated carbocycles. The van der Waals surface area contributed by atoms with Gasteiger partial charge in [-0.15, -0.1) is 0 Å². The Kier molecular flexibility index (Phi) is 2.81. The van der Waals surface area contributed by atoms with Crippen molar-refractivity contribution in [3.05, 3.63) is 24.3 Å². The Bertz CT molecular complexity index is 496. The fraction of sp³-hybridized carbons (Fsp3) is 0.385. The standard InChI is InChI=1S/C13H14N2OS/c16-9-10-5-7-15(8-6-10)13-14-11-3-1-2-4-12(11)17-13/h1-4,9-10H,5-8H2. The molecule has 3 rings (SSSR count). The summed E-state index contributed by atoms with van der Waals surface area (Å²) in [4.78, 5) is 17.7. The van der Waals surface area contributed by atoms with E-state index in [1.54, 1.807) is 11.3 Å². The third kappa shape index (κ3) is 2.05. The molecule has 1 aromatic heterocycles. The summed E-state index contributed by atoms with van der Waals surface area (Å²) in [6.07, 6.45) is 3.01. The average Bonchev–Trinajstić information content (AvgIpc) is 2.82. The molecule has 0 aliphatic carbocycles. The molecule has 88 valence electrons. The van der Waals surface area contributed by atoms with Gasteiger partial charge in [-0.2, -0.15) is 0 Å². The van der Waals surface area contributed by atoms with E-state index in [4.69, 9.17) is 0 Å². The molecule has 0 radical (unpaired) electrons. The molecule has 4 heteroatoms. The molecule has 0 spiro atoms. The van der Waals surface area contributed by atoms with Crippen LogP contribution in [0.5, 0.6) is 0 Å². The first kappa shape index (κ1) is 10.7. The van der Waals surface area contributed by atoms with Crippen molar-refractivity contribution in [1.29, 1.82) is 0 Å². The van der Waals surface area contributed by atoms with Gasteiger partial charge >= 0.3 is 0 Å². The molecular weight excluding hydrogens is 232 g/mol. The summed E-state index contributed by atoms with van der Waals surface area (Å²) in [5, 5.41) is 1.09. The number of nitrogens with zero attached hydrogens (tertiary/aromatic N) is 2. The van der Waals surface area contributed by atoms with Crippen LogP contribution in [0.4, 0.5) is 5.13 Å². The molecule has 1 aliphatic rings. The van der Waals surface area contributed by atoms with Gasteiger partial charge in [-0.1, -0.05) is 23.5 Å². The van der Waals surface area contributed by atoms with E-state index in [-0.39, 0.29) is 5.92 Å². The van der Waals surface area contributed by atoms with Gasteiger partial charge in [0.15, 0.2) is 5.13 Å². The van der Waals surface area contributed by atoms with Crippen molar-refractivity contribution >= 4 is 33.0 Å². The van der Waals surface area contributed by atoms with Gasteiger partial charge < -0.3 is 9.69 Å². The van der Waals surface area contributed by atoms with Crippen LogP contribution < -0.4 is 4.90 Å². The SMILES string of the molecule is O=CC1CCN(c2nc3ccccc3s2)CC1. The Labute approximate surface area is 104 Å². The van der Waals surface area contributed by atoms with Crippen molar-refractivity contribution in [3.63, 3.8) is 0 Å². The third-order valence-electron chi connectivity index (χ3n) is 3.29. The lowest BCUT2D eigenvalue weighted by Crippen LogP contribution is -2.33. The summed E-state index contributed by atoms with van der Waals surface area (Å²) in [5.74, 6) is 0.251. The zero-order valence-electron chi connectivity index (χ0n) is 9.50. The smallest absolute Gasteiger partial charge is 0.186 e. The van der Waals surface area contributed by atoms with E-state index in [1.807, 2.05) is 18.2 Å². The zero-order valence-corrected chi connectivity index (χ0v) is 10.3. The topological polar surface area (TPSA) is 33.2 Å². The molecule has 1 fully saturated rings. The fourth-order valence-electron chi connectivity index (χ4n) is 2.22. The summed E-state index contributed by atoms with van der Waals surface area (Å²) in [6.45, 7) is 1.90. The monoisotopic (exact) mass is 246 g/mol. The minimum Gasteiger partial charge on any atom is -0.348 e. The summed E-state index contributed by atoms with van der Waals surface area (Å²) in [6, 6.07) is 8.22. The number of rotatable bonds is 2. The summed E-state index contributed by atoms with van der Waals surface area (Å²) in [7, 11) is 0. The molecule has 2 heterocycles. The minimum atomic E-state index is 0.251. The average molecular weight is 246 g/mol. The van der Waals surface area contributed by atoms with E-state index >= 15 is 0 Å². The summed E-state index contributed by atoms with van der Waals surface area (Å²) < 4.78 is 1.24. The molecule has 0 N–H and O–H groups in total. The van der Waals surface area contributed by atoms with Gasteiger partial charge in [0.05, 0.1) is 10.2 Å². The first-order valence-electron chi connectivity index (χ1n) is 5.92. The van der Waals surface area contributed by atoms with Crippen LogP contribution in [0.2, 0.25) is 0 Å². The van der Waals surface area contributed by atoms with Crippen LogP contribution in [0.3, 0.4) is 0 Å². The molecular formula is C13H14N2OS. The van der Waals surface area contributed by atoms with Crippen LogP contribution in [-0.2, 0) is 4.79 Å². The predicted molar refractivity (Wildman–Crippen MR) is 70.6 cm³/mol. The molecule has 1 aromatic carbocycles. The molecule has 2 aromatic rings. The second-order valence-electron chi connectivity index (χ2n) is 4.42. The van der Waals surface area contributed by atoms with Gasteiger partial charge in [-0.05, 0) is 25.0 Å². The minimum absolute atomic E-state index is 0.251. The largest absolute Gasteiger partial charge is 0.348 e. The molecule has 1 aliphatic heterocycles. The van der Waals surface area contributed by atoms with Gasteiger partial charge in [-0.3, -0.25) is 0 Å². The number of aromatic nitrogens is 1. The summed E-state index contributed by atoms with van der Waals surface area (Å²) in [5.41, 5.74) is 1.07. The van der Waals surface area contributed by atoms with Crippen molar-refractivity contribution in [2.75, 3.05) is 18.0 Å². The maximum Gasteiger partial charge on any atom is 0.186 e. The van der Waals surface area contributed by atoms with Gasteiger partial charge in [-0.25, -0.2) is 4.98 Å². The highest BCUT2D eigenvalue weighted by atomic mass is 32.1. The number of aldehydes is 1. The Morgan fingerprint density at radius 3 is 2.76 bits per heavy atom. The molecule has 0 bridgehead atoms. The maximum atomic E-state index is 10.7. The van der Waals surface area contributed by atoms with Crippen LogP contribution in [0.15, 0.2) is 24.3 Å². The van der Waals surface area contributed by atoms with Gasteiger partial charge in [0, 0.05) is 19.0 Å². The number of carbonyl (C=O) groups excluding carboxylic acids is 1. The van der Waals surface area contributed by atoms with E-state index in [1.165, 1.54) is 4.70 Å². The van der Waals surface area contributed by atoms with Gasteiger partial charge in [0.25, 0.3) is 0 Å². The highest BCUT2D eigenvalue weighted by Gasteiger charge is 2.20. The number of thiazole rings is 1. The van der Waals surface area contributed by atoms with E-state index in [0.29, 0.717) is 0 Å². The predicted octanol–water partition coefficient (Wildman–Crippen LogP) is 2.71. The van der Waals surface area contributed by atoms with Gasteiger partial charge in [0.2, 0.25) is 0 Å². The van der Waals surface area contributed by atoms with Crippen molar-refractivity contribution < 1.29 is 4.79 Å². The molecule has 3 nitrogen and oxygen atoms in total. The van der Waals surface area contributed by atoms with Crippen LogP contribution in [0.25, 0.3) is 10.2 Å². The maximum absolute atomic E-state index is 10.7. The highest BCUT2D eigenvalue weighted by Crippen LogP contribution is 2.30. The highest BCUT2D eigenvalue weighted by molar-refractivity contribution is 7.22. The Morgan fingerprint density at radius 1 is 1.29 bits per heavy atom. The number of piperidine rings is 1. The van der Waals surface area contributed by atoms with E-state index in [0.717, 1.165) is 42.9 Å².